The van der Waals surface area contributed by atoms with Crippen molar-refractivity contribution in [3.05, 3.63) is 0 Å². The number of rotatable bonds is 6. The number of carbonyl (C=O) groups is 1. The van der Waals surface area contributed by atoms with Crippen LogP contribution in [0.2, 0.25) is 0 Å². The van der Waals surface area contributed by atoms with Crippen molar-refractivity contribution in [2.45, 2.75) is 38.0 Å². The lowest BCUT2D eigenvalue weighted by molar-refractivity contribution is -0.138. The molecule has 72 valence electrons. The molecule has 0 aromatic rings. The minimum Gasteiger partial charge on any atom is -0.480 e. The van der Waals surface area contributed by atoms with Crippen LogP contribution in [0.25, 0.3) is 0 Å². The molecular weight excluding hydrogens is 174 g/mol. The van der Waals surface area contributed by atoms with Crippen molar-refractivity contribution in [2.75, 3.05) is 5.75 Å². The Balaban J connectivity index is 3.46. The lowest BCUT2D eigenvalue weighted by Gasteiger charge is -2.11. The van der Waals surface area contributed by atoms with E-state index in [4.69, 9.17) is 10.8 Å². The normalized spacial score (nSPS) is 15.6. The van der Waals surface area contributed by atoms with E-state index >= 15 is 0 Å². The number of aliphatic carboxylic acids is 1. The van der Waals surface area contributed by atoms with Gasteiger partial charge >= 0.3 is 5.97 Å². The van der Waals surface area contributed by atoms with Gasteiger partial charge in [0.25, 0.3) is 0 Å². The summed E-state index contributed by atoms with van der Waals surface area (Å²) >= 11 is 1.84. The van der Waals surface area contributed by atoms with Crippen LogP contribution in [0.15, 0.2) is 0 Å². The zero-order valence-corrected chi connectivity index (χ0v) is 8.43. The molecule has 0 fully saturated rings. The molecule has 3 N–H and O–H groups in total. The predicted octanol–water partition coefficient (Wildman–Crippen LogP) is 1.32. The van der Waals surface area contributed by atoms with Gasteiger partial charge in [0, 0.05) is 5.25 Å². The Labute approximate surface area is 77.7 Å². The maximum atomic E-state index is 10.3. The predicted molar refractivity (Wildman–Crippen MR) is 52.4 cm³/mol. The Morgan fingerprint density at radius 1 is 1.58 bits per heavy atom. The summed E-state index contributed by atoms with van der Waals surface area (Å²) in [6.45, 7) is 4.20. The van der Waals surface area contributed by atoms with Gasteiger partial charge in [-0.1, -0.05) is 13.8 Å². The summed E-state index contributed by atoms with van der Waals surface area (Å²) in [5.41, 5.74) is 5.35. The van der Waals surface area contributed by atoms with Crippen LogP contribution >= 0.6 is 11.8 Å². The fourth-order valence-electron chi connectivity index (χ4n) is 0.906. The number of hydrogen-bond donors (Lipinski definition) is 2. The van der Waals surface area contributed by atoms with Gasteiger partial charge in [-0.25, -0.2) is 0 Å². The molecule has 0 aromatic carbocycles. The quantitative estimate of drug-likeness (QED) is 0.664. The summed E-state index contributed by atoms with van der Waals surface area (Å²) in [5.74, 6) is 0.174. The van der Waals surface area contributed by atoms with Gasteiger partial charge in [-0.2, -0.15) is 11.8 Å². The average molecular weight is 191 g/mol. The molecule has 0 rings (SSSR count). The van der Waals surface area contributed by atoms with Crippen molar-refractivity contribution >= 4 is 17.7 Å². The largest absolute Gasteiger partial charge is 0.480 e. The summed E-state index contributed by atoms with van der Waals surface area (Å²) in [6.07, 6.45) is 1.45. The van der Waals surface area contributed by atoms with E-state index in [-0.39, 0.29) is 0 Å². The summed E-state index contributed by atoms with van der Waals surface area (Å²) in [4.78, 5) is 10.3. The van der Waals surface area contributed by atoms with Crippen LogP contribution < -0.4 is 5.73 Å². The van der Waals surface area contributed by atoms with Crippen molar-refractivity contribution in [1.29, 1.82) is 0 Å². The third-order valence-corrected chi connectivity index (χ3v) is 2.79. The second-order valence-corrected chi connectivity index (χ2v) is 4.50. The lowest BCUT2D eigenvalue weighted by atomic mass is 10.1. The molecule has 12 heavy (non-hydrogen) atoms. The third-order valence-electron chi connectivity index (χ3n) is 1.65. The molecule has 0 saturated carbocycles. The van der Waals surface area contributed by atoms with E-state index in [1.165, 1.54) is 0 Å². The van der Waals surface area contributed by atoms with Gasteiger partial charge < -0.3 is 10.8 Å². The Kier molecular flexibility index (Phi) is 6.20. The molecule has 0 radical (unpaired) electrons. The Bertz CT molecular complexity index is 141. The molecule has 2 unspecified atom stereocenters. The minimum atomic E-state index is -0.899. The van der Waals surface area contributed by atoms with Crippen LogP contribution in [0.5, 0.6) is 0 Å². The standard InChI is InChI=1S/C8H17NO2S/c1-3-12-6(2)4-5-7(9)8(10)11/h6-7H,3-5,9H2,1-2H3,(H,10,11). The molecule has 3 nitrogen and oxygen atoms in total. The van der Waals surface area contributed by atoms with Gasteiger partial charge in [0.1, 0.15) is 6.04 Å². The number of nitrogens with two attached hydrogens (primary N) is 1. The smallest absolute Gasteiger partial charge is 0.320 e. The molecule has 2 atom stereocenters. The first-order valence-electron chi connectivity index (χ1n) is 4.18. The first-order valence-corrected chi connectivity index (χ1v) is 5.22. The maximum absolute atomic E-state index is 10.3. The number of thioether (sulfide) groups is 1. The molecular formula is C8H17NO2S. The molecule has 0 aliphatic carbocycles. The molecule has 0 bridgehead atoms. The number of carboxylic acid groups (broad SMARTS) is 1. The first-order chi connectivity index (χ1) is 5.57. The van der Waals surface area contributed by atoms with Crippen molar-refractivity contribution in [1.82, 2.24) is 0 Å². The van der Waals surface area contributed by atoms with Gasteiger partial charge in [0.05, 0.1) is 0 Å². The van der Waals surface area contributed by atoms with E-state index in [2.05, 4.69) is 13.8 Å². The van der Waals surface area contributed by atoms with E-state index < -0.39 is 12.0 Å². The Morgan fingerprint density at radius 3 is 2.58 bits per heavy atom. The molecule has 0 heterocycles. The van der Waals surface area contributed by atoms with E-state index in [0.29, 0.717) is 11.7 Å². The van der Waals surface area contributed by atoms with Gasteiger partial charge in [0.2, 0.25) is 0 Å². The fraction of sp³-hybridized carbons (Fsp3) is 0.875. The summed E-state index contributed by atoms with van der Waals surface area (Å²) in [5, 5.41) is 9.01. The van der Waals surface area contributed by atoms with Crippen molar-refractivity contribution in [2.24, 2.45) is 5.73 Å². The lowest BCUT2D eigenvalue weighted by Crippen LogP contribution is -2.30. The SMILES string of the molecule is CCSC(C)CCC(N)C(=O)O. The average Bonchev–Trinajstić information content (AvgIpc) is 2.00. The van der Waals surface area contributed by atoms with Gasteiger partial charge in [-0.05, 0) is 18.6 Å². The zero-order valence-electron chi connectivity index (χ0n) is 7.62. The second-order valence-electron chi connectivity index (χ2n) is 2.79. The van der Waals surface area contributed by atoms with Crippen LogP contribution in [0.4, 0.5) is 0 Å². The monoisotopic (exact) mass is 191 g/mol. The molecule has 0 aliphatic heterocycles. The minimum absolute atomic E-state index is 0.514. The molecule has 0 amide bonds. The van der Waals surface area contributed by atoms with Crippen LogP contribution in [0.3, 0.4) is 0 Å². The van der Waals surface area contributed by atoms with E-state index in [0.717, 1.165) is 12.2 Å². The second kappa shape index (κ2) is 6.31. The van der Waals surface area contributed by atoms with E-state index in [1.807, 2.05) is 11.8 Å². The Hall–Kier alpha value is -0.220. The van der Waals surface area contributed by atoms with Crippen LogP contribution in [0, 0.1) is 0 Å². The highest BCUT2D eigenvalue weighted by Crippen LogP contribution is 2.15. The summed E-state index contributed by atoms with van der Waals surface area (Å²) in [6, 6.07) is -0.690. The van der Waals surface area contributed by atoms with Gasteiger partial charge in [0.15, 0.2) is 0 Å². The summed E-state index contributed by atoms with van der Waals surface area (Å²) < 4.78 is 0. The van der Waals surface area contributed by atoms with Gasteiger partial charge in [-0.3, -0.25) is 4.79 Å². The van der Waals surface area contributed by atoms with Gasteiger partial charge in [-0.15, -0.1) is 0 Å². The number of hydrogen-bond acceptors (Lipinski definition) is 3. The maximum Gasteiger partial charge on any atom is 0.320 e. The number of carboxylic acids is 1. The molecule has 0 spiro atoms. The highest BCUT2D eigenvalue weighted by molar-refractivity contribution is 7.99. The molecule has 4 heteroatoms. The van der Waals surface area contributed by atoms with Crippen LogP contribution in [-0.4, -0.2) is 28.1 Å². The van der Waals surface area contributed by atoms with Crippen molar-refractivity contribution < 1.29 is 9.90 Å². The van der Waals surface area contributed by atoms with Crippen molar-refractivity contribution in [3.63, 3.8) is 0 Å². The molecule has 0 aromatic heterocycles. The topological polar surface area (TPSA) is 63.3 Å². The fourth-order valence-corrected chi connectivity index (χ4v) is 1.78. The highest BCUT2D eigenvalue weighted by Gasteiger charge is 2.12. The van der Waals surface area contributed by atoms with E-state index in [1.54, 1.807) is 0 Å². The van der Waals surface area contributed by atoms with Crippen molar-refractivity contribution in [3.8, 4) is 0 Å². The Morgan fingerprint density at radius 2 is 2.17 bits per heavy atom. The third kappa shape index (κ3) is 5.43. The zero-order chi connectivity index (χ0) is 9.56. The van der Waals surface area contributed by atoms with Crippen LogP contribution in [-0.2, 0) is 4.79 Å². The molecule has 0 aliphatic rings. The highest BCUT2D eigenvalue weighted by atomic mass is 32.2. The first kappa shape index (κ1) is 11.8. The molecule has 0 saturated heterocycles. The summed E-state index contributed by atoms with van der Waals surface area (Å²) in [7, 11) is 0. The van der Waals surface area contributed by atoms with Crippen LogP contribution in [0.1, 0.15) is 26.7 Å². The van der Waals surface area contributed by atoms with E-state index in [9.17, 15) is 4.79 Å².